The molecule has 1 amide bonds. The lowest BCUT2D eigenvalue weighted by molar-refractivity contribution is -0.136. The van der Waals surface area contributed by atoms with Crippen LogP contribution in [0.15, 0.2) is 54.6 Å². The monoisotopic (exact) mass is 477 g/mol. The molecule has 0 aromatic heterocycles. The maximum absolute atomic E-state index is 13.6. The summed E-state index contributed by atoms with van der Waals surface area (Å²) >= 11 is 0. The summed E-state index contributed by atoms with van der Waals surface area (Å²) < 4.78 is 17.3. The molecule has 0 radical (unpaired) electrons. The van der Waals surface area contributed by atoms with Gasteiger partial charge in [0.15, 0.2) is 0 Å². The number of fused-ring (bicyclic) bond motifs is 1. The molecule has 0 spiro atoms. The quantitative estimate of drug-likeness (QED) is 0.317. The molecule has 35 heavy (non-hydrogen) atoms. The number of nitrogens with one attached hydrogen (secondary N) is 1. The third-order valence-corrected chi connectivity index (χ3v) is 5.70. The average Bonchev–Trinajstić information content (AvgIpc) is 2.82. The standard InChI is InChI=1S/C29H35NO5/c1-7-20-21(8-2)26(23-17-13-12-16-22(23)25(20)33-6)34-27(31)24(18-19-14-10-9-11-15-19)30-28(32)35-29(3,4)5/h9-17,24H,7-8,18H2,1-6H3,(H,30,32)/t24-/m0/s1. The van der Waals surface area contributed by atoms with Crippen LogP contribution in [0.5, 0.6) is 11.5 Å². The molecule has 3 rings (SSSR count). The van der Waals surface area contributed by atoms with Crippen molar-refractivity contribution in [3.8, 4) is 11.5 Å². The van der Waals surface area contributed by atoms with Crippen molar-refractivity contribution in [1.29, 1.82) is 0 Å². The van der Waals surface area contributed by atoms with Gasteiger partial charge in [0, 0.05) is 28.3 Å². The first-order chi connectivity index (χ1) is 16.7. The van der Waals surface area contributed by atoms with Gasteiger partial charge in [-0.1, -0.05) is 68.4 Å². The van der Waals surface area contributed by atoms with Gasteiger partial charge in [0.05, 0.1) is 7.11 Å². The van der Waals surface area contributed by atoms with Gasteiger partial charge in [-0.2, -0.15) is 0 Å². The molecule has 0 saturated carbocycles. The number of hydrogen-bond acceptors (Lipinski definition) is 5. The van der Waals surface area contributed by atoms with Gasteiger partial charge in [-0.15, -0.1) is 0 Å². The van der Waals surface area contributed by atoms with Crippen molar-refractivity contribution in [3.05, 3.63) is 71.3 Å². The molecule has 0 saturated heterocycles. The third-order valence-electron chi connectivity index (χ3n) is 5.70. The second-order valence-corrected chi connectivity index (χ2v) is 9.38. The summed E-state index contributed by atoms with van der Waals surface area (Å²) in [7, 11) is 1.66. The molecule has 0 aliphatic heterocycles. The molecule has 0 fully saturated rings. The molecule has 6 heteroatoms. The fraction of sp³-hybridized carbons (Fsp3) is 0.379. The summed E-state index contributed by atoms with van der Waals surface area (Å²) in [6, 6.07) is 16.3. The number of ether oxygens (including phenoxy) is 3. The maximum Gasteiger partial charge on any atom is 0.408 e. The van der Waals surface area contributed by atoms with E-state index in [0.29, 0.717) is 12.2 Å². The number of amides is 1. The van der Waals surface area contributed by atoms with E-state index in [1.54, 1.807) is 27.9 Å². The number of esters is 1. The highest BCUT2D eigenvalue weighted by molar-refractivity contribution is 5.98. The minimum atomic E-state index is -0.928. The highest BCUT2D eigenvalue weighted by Crippen LogP contribution is 2.41. The molecule has 0 heterocycles. The number of carbonyl (C=O) groups is 2. The van der Waals surface area contributed by atoms with Crippen LogP contribution in [0.25, 0.3) is 10.8 Å². The third kappa shape index (κ3) is 6.32. The SMILES string of the molecule is CCc1c(CC)c(OC(=O)[C@H](Cc2ccccc2)NC(=O)OC(C)(C)C)c2ccccc2c1OC. The Labute approximate surface area is 207 Å². The molecule has 1 N–H and O–H groups in total. The second-order valence-electron chi connectivity index (χ2n) is 9.38. The van der Waals surface area contributed by atoms with Crippen LogP contribution < -0.4 is 14.8 Å². The minimum absolute atomic E-state index is 0.273. The van der Waals surface area contributed by atoms with Crippen LogP contribution in [0.1, 0.15) is 51.3 Å². The zero-order chi connectivity index (χ0) is 25.6. The van der Waals surface area contributed by atoms with Gasteiger partial charge in [-0.05, 0) is 39.2 Å². The van der Waals surface area contributed by atoms with Crippen LogP contribution in [-0.2, 0) is 28.8 Å². The van der Waals surface area contributed by atoms with E-state index in [0.717, 1.165) is 39.6 Å². The van der Waals surface area contributed by atoms with E-state index in [9.17, 15) is 9.59 Å². The Hall–Kier alpha value is -3.54. The zero-order valence-electron chi connectivity index (χ0n) is 21.4. The van der Waals surface area contributed by atoms with E-state index >= 15 is 0 Å². The number of methoxy groups -OCH3 is 1. The predicted molar refractivity (Wildman–Crippen MR) is 138 cm³/mol. The van der Waals surface area contributed by atoms with Gasteiger partial charge >= 0.3 is 12.1 Å². The molecule has 6 nitrogen and oxygen atoms in total. The van der Waals surface area contributed by atoms with E-state index in [1.165, 1.54) is 0 Å². The van der Waals surface area contributed by atoms with Crippen molar-refractivity contribution >= 4 is 22.8 Å². The summed E-state index contributed by atoms with van der Waals surface area (Å²) in [6.07, 6.45) is 0.996. The normalized spacial score (nSPS) is 12.2. The molecular weight excluding hydrogens is 442 g/mol. The second kappa shape index (κ2) is 11.3. The largest absolute Gasteiger partial charge is 0.496 e. The summed E-state index contributed by atoms with van der Waals surface area (Å²) in [6.45, 7) is 9.42. The lowest BCUT2D eigenvalue weighted by atomic mass is 9.94. The molecule has 3 aromatic rings. The van der Waals surface area contributed by atoms with E-state index in [-0.39, 0.29) is 6.42 Å². The first-order valence-corrected chi connectivity index (χ1v) is 12.0. The molecule has 3 aromatic carbocycles. The van der Waals surface area contributed by atoms with Crippen LogP contribution in [0.4, 0.5) is 4.79 Å². The summed E-state index contributed by atoms with van der Waals surface area (Å²) in [5, 5.41) is 4.39. The van der Waals surface area contributed by atoms with E-state index in [2.05, 4.69) is 12.2 Å². The van der Waals surface area contributed by atoms with Gasteiger partial charge in [0.2, 0.25) is 0 Å². The van der Waals surface area contributed by atoms with Crippen molar-refractivity contribution < 1.29 is 23.8 Å². The highest BCUT2D eigenvalue weighted by atomic mass is 16.6. The molecule has 0 unspecified atom stereocenters. The highest BCUT2D eigenvalue weighted by Gasteiger charge is 2.28. The van der Waals surface area contributed by atoms with Crippen molar-refractivity contribution in [2.45, 2.75) is 65.5 Å². The number of alkyl carbamates (subject to hydrolysis) is 1. The smallest absolute Gasteiger partial charge is 0.408 e. The Balaban J connectivity index is 2.02. The van der Waals surface area contributed by atoms with Crippen molar-refractivity contribution in [2.75, 3.05) is 7.11 Å². The summed E-state index contributed by atoms with van der Waals surface area (Å²) in [5.74, 6) is 0.758. The van der Waals surface area contributed by atoms with Gasteiger partial charge < -0.3 is 19.5 Å². The summed E-state index contributed by atoms with van der Waals surface area (Å²) in [5.41, 5.74) is 2.14. The van der Waals surface area contributed by atoms with Gasteiger partial charge in [-0.3, -0.25) is 0 Å². The van der Waals surface area contributed by atoms with E-state index < -0.39 is 23.7 Å². The molecule has 0 aliphatic rings. The Morgan fingerprint density at radius 2 is 1.40 bits per heavy atom. The molecule has 186 valence electrons. The minimum Gasteiger partial charge on any atom is -0.496 e. The van der Waals surface area contributed by atoms with E-state index in [1.807, 2.05) is 61.5 Å². The first-order valence-electron chi connectivity index (χ1n) is 12.0. The summed E-state index contributed by atoms with van der Waals surface area (Å²) in [4.78, 5) is 26.1. The van der Waals surface area contributed by atoms with Gasteiger partial charge in [0.1, 0.15) is 23.1 Å². The van der Waals surface area contributed by atoms with Crippen LogP contribution in [0.3, 0.4) is 0 Å². The van der Waals surface area contributed by atoms with Crippen LogP contribution in [0, 0.1) is 0 Å². The number of benzene rings is 3. The zero-order valence-corrected chi connectivity index (χ0v) is 21.4. The Kier molecular flexibility index (Phi) is 8.39. The van der Waals surface area contributed by atoms with Gasteiger partial charge in [-0.25, -0.2) is 9.59 Å². The Morgan fingerprint density at radius 3 is 1.94 bits per heavy atom. The molecule has 1 atom stereocenters. The van der Waals surface area contributed by atoms with Crippen molar-refractivity contribution in [2.24, 2.45) is 0 Å². The lowest BCUT2D eigenvalue weighted by Crippen LogP contribution is -2.46. The molecule has 0 aliphatic carbocycles. The van der Waals surface area contributed by atoms with Crippen LogP contribution >= 0.6 is 0 Å². The number of hydrogen-bond donors (Lipinski definition) is 1. The molecule has 0 bridgehead atoms. The fourth-order valence-electron chi connectivity index (χ4n) is 4.24. The van der Waals surface area contributed by atoms with Crippen molar-refractivity contribution in [1.82, 2.24) is 5.32 Å². The average molecular weight is 478 g/mol. The Bertz CT molecular complexity index is 1180. The molecular formula is C29H35NO5. The number of carbonyl (C=O) groups excluding carboxylic acids is 2. The first kappa shape index (κ1) is 26.1. The fourth-order valence-corrected chi connectivity index (χ4v) is 4.24. The van der Waals surface area contributed by atoms with E-state index in [4.69, 9.17) is 14.2 Å². The topological polar surface area (TPSA) is 73.9 Å². The van der Waals surface area contributed by atoms with Crippen LogP contribution in [-0.4, -0.2) is 30.8 Å². The van der Waals surface area contributed by atoms with Crippen LogP contribution in [0.2, 0.25) is 0 Å². The lowest BCUT2D eigenvalue weighted by Gasteiger charge is -2.24. The van der Waals surface area contributed by atoms with Crippen molar-refractivity contribution in [3.63, 3.8) is 0 Å². The maximum atomic E-state index is 13.6. The van der Waals surface area contributed by atoms with Gasteiger partial charge in [0.25, 0.3) is 0 Å². The number of rotatable bonds is 8. The Morgan fingerprint density at radius 1 is 0.857 bits per heavy atom. The predicted octanol–water partition coefficient (Wildman–Crippen LogP) is 6.01.